The smallest absolute Gasteiger partial charge is 0.433 e. The summed E-state index contributed by atoms with van der Waals surface area (Å²) in [6.45, 7) is 1.84. The van der Waals surface area contributed by atoms with Gasteiger partial charge in [0, 0.05) is 17.4 Å². The zero-order chi connectivity index (χ0) is 23.7. The Bertz CT molecular complexity index is 1260. The van der Waals surface area contributed by atoms with Crippen LogP contribution in [0.4, 0.5) is 29.2 Å². The molecule has 3 rings (SSSR count). The number of nitrogens with zero attached hydrogens (tertiary/aromatic N) is 2. The largest absolute Gasteiger partial charge is 0.496 e. The summed E-state index contributed by atoms with van der Waals surface area (Å²) in [5.74, 6) is -1.11. The van der Waals surface area contributed by atoms with Gasteiger partial charge in [0.05, 0.1) is 19.1 Å². The molecule has 0 atom stereocenters. The first-order valence-electron chi connectivity index (χ1n) is 9.19. The Hall–Kier alpha value is -3.21. The van der Waals surface area contributed by atoms with Crippen LogP contribution in [0, 0.1) is 12.7 Å². The maximum Gasteiger partial charge on any atom is 0.433 e. The number of anilines is 2. The fourth-order valence-electron chi connectivity index (χ4n) is 3.05. The molecule has 0 fully saturated rings. The third-order valence-electron chi connectivity index (χ3n) is 4.36. The highest BCUT2D eigenvalue weighted by Crippen LogP contribution is 2.34. The van der Waals surface area contributed by atoms with Gasteiger partial charge in [0.1, 0.15) is 28.9 Å². The van der Waals surface area contributed by atoms with Gasteiger partial charge in [-0.05, 0) is 42.3 Å². The van der Waals surface area contributed by atoms with E-state index >= 15 is 0 Å². The maximum absolute atomic E-state index is 14.5. The van der Waals surface area contributed by atoms with Gasteiger partial charge in [0.25, 0.3) is 0 Å². The van der Waals surface area contributed by atoms with Crippen molar-refractivity contribution in [2.45, 2.75) is 18.9 Å². The van der Waals surface area contributed by atoms with E-state index in [2.05, 4.69) is 15.3 Å². The molecule has 6 nitrogen and oxygen atoms in total. The van der Waals surface area contributed by atoms with Gasteiger partial charge >= 0.3 is 6.18 Å². The molecule has 2 heterocycles. The van der Waals surface area contributed by atoms with Gasteiger partial charge < -0.3 is 10.1 Å². The molecule has 1 N–H and O–H groups in total. The van der Waals surface area contributed by atoms with Crippen molar-refractivity contribution in [3.63, 3.8) is 0 Å². The molecule has 3 aromatic rings. The number of rotatable bonds is 6. The van der Waals surface area contributed by atoms with Crippen LogP contribution < -0.4 is 10.1 Å². The van der Waals surface area contributed by atoms with Crippen molar-refractivity contribution < 1.29 is 30.7 Å². The lowest BCUT2D eigenvalue weighted by molar-refractivity contribution is -0.141. The molecule has 0 bridgehead atoms. The number of alkyl halides is 3. The lowest BCUT2D eigenvalue weighted by atomic mass is 10.0. The average Bonchev–Trinajstić information content (AvgIpc) is 2.67. The van der Waals surface area contributed by atoms with Gasteiger partial charge in [-0.2, -0.15) is 13.2 Å². The topological polar surface area (TPSA) is 81.2 Å². The molecule has 0 radical (unpaired) electrons. The van der Waals surface area contributed by atoms with Gasteiger partial charge in [0.15, 0.2) is 9.84 Å². The lowest BCUT2D eigenvalue weighted by Crippen LogP contribution is -2.12. The number of pyridine rings is 2. The summed E-state index contributed by atoms with van der Waals surface area (Å²) in [4.78, 5) is 7.37. The van der Waals surface area contributed by atoms with Crippen molar-refractivity contribution in [1.82, 2.24) is 9.97 Å². The van der Waals surface area contributed by atoms with Crippen molar-refractivity contribution in [2.24, 2.45) is 0 Å². The van der Waals surface area contributed by atoms with Crippen molar-refractivity contribution >= 4 is 21.5 Å². The summed E-state index contributed by atoms with van der Waals surface area (Å²) < 4.78 is 82.7. The van der Waals surface area contributed by atoms with Crippen LogP contribution in [-0.2, 0) is 21.8 Å². The number of methoxy groups -OCH3 is 1. The molecule has 0 unspecified atom stereocenters. The molecule has 0 spiro atoms. The number of hydrogen-bond donors (Lipinski definition) is 1. The fraction of sp³-hybridized carbons (Fsp3) is 0.238. The predicted octanol–water partition coefficient (Wildman–Crippen LogP) is 4.91. The van der Waals surface area contributed by atoms with Gasteiger partial charge in [-0.15, -0.1) is 0 Å². The van der Waals surface area contributed by atoms with E-state index in [4.69, 9.17) is 4.74 Å². The minimum atomic E-state index is -4.79. The summed E-state index contributed by atoms with van der Waals surface area (Å²) >= 11 is 0. The monoisotopic (exact) mass is 469 g/mol. The minimum Gasteiger partial charge on any atom is -0.496 e. The van der Waals surface area contributed by atoms with Crippen LogP contribution in [0.1, 0.15) is 16.8 Å². The fourth-order valence-corrected chi connectivity index (χ4v) is 3.82. The SMILES string of the molecule is COc1cc(C)ccc1-c1cc(Nc2cc(CS(C)(=O)=O)cc(C(F)(F)F)n2)ncc1F. The summed E-state index contributed by atoms with van der Waals surface area (Å²) in [7, 11) is -2.15. The number of sulfone groups is 1. The number of benzene rings is 1. The number of nitrogens with one attached hydrogen (secondary N) is 1. The van der Waals surface area contributed by atoms with E-state index in [0.717, 1.165) is 18.0 Å². The summed E-state index contributed by atoms with van der Waals surface area (Å²) in [6.07, 6.45) is -2.96. The third kappa shape index (κ3) is 5.72. The van der Waals surface area contributed by atoms with E-state index < -0.39 is 33.3 Å². The standard InChI is InChI=1S/C21H19F4N3O3S/c1-12-4-5-14(17(6-12)31-2)15-9-19(26-10-16(15)22)28-20-8-13(11-32(3,29)30)7-18(27-20)21(23,24)25/h4-10H,11H2,1-3H3,(H,26,27,28). The Morgan fingerprint density at radius 1 is 1.06 bits per heavy atom. The van der Waals surface area contributed by atoms with Gasteiger partial charge in [-0.3, -0.25) is 0 Å². The van der Waals surface area contributed by atoms with Crippen LogP contribution in [0.3, 0.4) is 0 Å². The van der Waals surface area contributed by atoms with Gasteiger partial charge in [-0.25, -0.2) is 22.8 Å². The Balaban J connectivity index is 2.04. The van der Waals surface area contributed by atoms with E-state index in [1.807, 2.05) is 6.92 Å². The van der Waals surface area contributed by atoms with Gasteiger partial charge in [0.2, 0.25) is 0 Å². The van der Waals surface area contributed by atoms with Crippen molar-refractivity contribution in [3.05, 3.63) is 65.2 Å². The van der Waals surface area contributed by atoms with Crippen LogP contribution in [0.15, 0.2) is 42.6 Å². The Morgan fingerprint density at radius 3 is 2.41 bits per heavy atom. The summed E-state index contributed by atoms with van der Waals surface area (Å²) in [5.41, 5.74) is 0.0760. The van der Waals surface area contributed by atoms with E-state index in [9.17, 15) is 26.0 Å². The molecule has 2 aromatic heterocycles. The Morgan fingerprint density at radius 2 is 1.78 bits per heavy atom. The second-order valence-corrected chi connectivity index (χ2v) is 9.33. The van der Waals surface area contributed by atoms with Crippen LogP contribution in [0.2, 0.25) is 0 Å². The van der Waals surface area contributed by atoms with Crippen LogP contribution >= 0.6 is 0 Å². The normalized spacial score (nSPS) is 12.0. The molecule has 0 saturated carbocycles. The molecule has 0 amide bonds. The molecular weight excluding hydrogens is 450 g/mol. The first-order valence-corrected chi connectivity index (χ1v) is 11.3. The first-order chi connectivity index (χ1) is 14.9. The molecular formula is C21H19F4N3O3S. The quantitative estimate of drug-likeness (QED) is 0.517. The summed E-state index contributed by atoms with van der Waals surface area (Å²) in [6, 6.07) is 8.29. The number of aromatic nitrogens is 2. The first kappa shape index (κ1) is 23.5. The van der Waals surface area contributed by atoms with Crippen LogP contribution in [-0.4, -0.2) is 31.8 Å². The molecule has 170 valence electrons. The molecule has 1 aromatic carbocycles. The van der Waals surface area contributed by atoms with Crippen molar-refractivity contribution in [1.29, 1.82) is 0 Å². The second kappa shape index (κ2) is 8.73. The molecule has 11 heteroatoms. The van der Waals surface area contributed by atoms with E-state index in [1.54, 1.807) is 18.2 Å². The number of hydrogen-bond acceptors (Lipinski definition) is 6. The Labute approximate surface area is 182 Å². The lowest BCUT2D eigenvalue weighted by Gasteiger charge is -2.14. The molecule has 0 aliphatic carbocycles. The molecule has 0 aliphatic heterocycles. The third-order valence-corrected chi connectivity index (χ3v) is 5.22. The Kier molecular flexibility index (Phi) is 6.40. The molecule has 0 aliphatic rings. The van der Waals surface area contributed by atoms with E-state index in [1.165, 1.54) is 19.2 Å². The molecule has 0 saturated heterocycles. The zero-order valence-electron chi connectivity index (χ0n) is 17.3. The number of ether oxygens (including phenoxy) is 1. The molecule has 32 heavy (non-hydrogen) atoms. The van der Waals surface area contributed by atoms with Crippen molar-refractivity contribution in [3.8, 4) is 16.9 Å². The minimum absolute atomic E-state index is 0.0150. The highest BCUT2D eigenvalue weighted by Gasteiger charge is 2.33. The number of halogens is 4. The summed E-state index contributed by atoms with van der Waals surface area (Å²) in [5, 5.41) is 2.60. The van der Waals surface area contributed by atoms with Crippen LogP contribution in [0.5, 0.6) is 5.75 Å². The average molecular weight is 469 g/mol. The van der Waals surface area contributed by atoms with Crippen LogP contribution in [0.25, 0.3) is 11.1 Å². The highest BCUT2D eigenvalue weighted by molar-refractivity contribution is 7.89. The van der Waals surface area contributed by atoms with Crippen molar-refractivity contribution in [2.75, 3.05) is 18.7 Å². The predicted molar refractivity (Wildman–Crippen MR) is 112 cm³/mol. The highest BCUT2D eigenvalue weighted by atomic mass is 32.2. The van der Waals surface area contributed by atoms with E-state index in [0.29, 0.717) is 17.4 Å². The zero-order valence-corrected chi connectivity index (χ0v) is 18.1. The number of aryl methyl sites for hydroxylation is 1. The maximum atomic E-state index is 14.5. The van der Waals surface area contributed by atoms with E-state index in [-0.39, 0.29) is 22.8 Å². The van der Waals surface area contributed by atoms with Gasteiger partial charge in [-0.1, -0.05) is 12.1 Å². The second-order valence-electron chi connectivity index (χ2n) is 7.19.